The molecule has 2 atom stereocenters. The molecular formula is C16H22F3NO2. The van der Waals surface area contributed by atoms with E-state index < -0.39 is 11.7 Å². The third kappa shape index (κ3) is 4.06. The molecule has 22 heavy (non-hydrogen) atoms. The highest BCUT2D eigenvalue weighted by atomic mass is 19.4. The molecule has 2 unspecified atom stereocenters. The minimum absolute atomic E-state index is 0.109. The van der Waals surface area contributed by atoms with Gasteiger partial charge in [-0.2, -0.15) is 13.2 Å². The van der Waals surface area contributed by atoms with Crippen molar-refractivity contribution in [1.82, 2.24) is 4.90 Å². The van der Waals surface area contributed by atoms with Crippen molar-refractivity contribution in [2.45, 2.75) is 32.0 Å². The zero-order chi connectivity index (χ0) is 16.3. The molecule has 0 radical (unpaired) electrons. The van der Waals surface area contributed by atoms with Crippen LogP contribution in [0, 0.1) is 5.92 Å². The maximum Gasteiger partial charge on any atom is 0.416 e. The molecule has 6 heteroatoms. The summed E-state index contributed by atoms with van der Waals surface area (Å²) in [5, 5.41) is 0. The van der Waals surface area contributed by atoms with Crippen LogP contribution in [0.2, 0.25) is 0 Å². The third-order valence-corrected chi connectivity index (χ3v) is 4.03. The SMILES string of the molecule is COc1ccc(C(F)(F)F)cc1OC1CCCN(C)CC1C. The van der Waals surface area contributed by atoms with Crippen LogP contribution in [0.15, 0.2) is 18.2 Å². The molecule has 1 aliphatic rings. The summed E-state index contributed by atoms with van der Waals surface area (Å²) in [6.45, 7) is 3.91. The second kappa shape index (κ2) is 6.77. The van der Waals surface area contributed by atoms with Gasteiger partial charge in [-0.15, -0.1) is 0 Å². The van der Waals surface area contributed by atoms with Gasteiger partial charge in [0.1, 0.15) is 6.10 Å². The van der Waals surface area contributed by atoms with E-state index in [4.69, 9.17) is 9.47 Å². The van der Waals surface area contributed by atoms with Gasteiger partial charge in [0.25, 0.3) is 0 Å². The Labute approximate surface area is 129 Å². The molecule has 1 saturated heterocycles. The lowest BCUT2D eigenvalue weighted by atomic mass is 10.0. The lowest BCUT2D eigenvalue weighted by molar-refractivity contribution is -0.137. The van der Waals surface area contributed by atoms with Crippen molar-refractivity contribution in [3.63, 3.8) is 0 Å². The van der Waals surface area contributed by atoms with Gasteiger partial charge in [0, 0.05) is 12.5 Å². The monoisotopic (exact) mass is 317 g/mol. The Balaban J connectivity index is 2.23. The van der Waals surface area contributed by atoms with Crippen LogP contribution in [0.1, 0.15) is 25.3 Å². The highest BCUT2D eigenvalue weighted by Gasteiger charge is 2.32. The molecule has 2 rings (SSSR count). The largest absolute Gasteiger partial charge is 0.493 e. The number of likely N-dealkylation sites (tertiary alicyclic amines) is 1. The van der Waals surface area contributed by atoms with Gasteiger partial charge >= 0.3 is 6.18 Å². The average Bonchev–Trinajstić information content (AvgIpc) is 2.59. The van der Waals surface area contributed by atoms with Crippen LogP contribution >= 0.6 is 0 Å². The molecule has 0 aromatic heterocycles. The van der Waals surface area contributed by atoms with E-state index in [0.29, 0.717) is 5.75 Å². The predicted octanol–water partition coefficient (Wildman–Crippen LogP) is 3.82. The van der Waals surface area contributed by atoms with E-state index in [2.05, 4.69) is 11.8 Å². The second-order valence-corrected chi connectivity index (χ2v) is 5.90. The topological polar surface area (TPSA) is 21.7 Å². The number of alkyl halides is 3. The molecule has 124 valence electrons. The van der Waals surface area contributed by atoms with Crippen LogP contribution in [0.4, 0.5) is 13.2 Å². The summed E-state index contributed by atoms with van der Waals surface area (Å²) in [6, 6.07) is 3.35. The van der Waals surface area contributed by atoms with Crippen molar-refractivity contribution in [2.24, 2.45) is 5.92 Å². The van der Waals surface area contributed by atoms with Crippen LogP contribution in [0.5, 0.6) is 11.5 Å². The van der Waals surface area contributed by atoms with Gasteiger partial charge in [0.15, 0.2) is 11.5 Å². The molecule has 0 bridgehead atoms. The second-order valence-electron chi connectivity index (χ2n) is 5.90. The molecule has 0 amide bonds. The van der Waals surface area contributed by atoms with Crippen molar-refractivity contribution in [2.75, 3.05) is 27.2 Å². The van der Waals surface area contributed by atoms with Crippen molar-refractivity contribution < 1.29 is 22.6 Å². The van der Waals surface area contributed by atoms with Gasteiger partial charge in [-0.05, 0) is 44.6 Å². The first-order valence-electron chi connectivity index (χ1n) is 7.41. The molecule has 0 saturated carbocycles. The molecule has 0 aliphatic carbocycles. The van der Waals surface area contributed by atoms with Gasteiger partial charge in [0.05, 0.1) is 12.7 Å². The summed E-state index contributed by atoms with van der Waals surface area (Å²) < 4.78 is 49.7. The first kappa shape index (κ1) is 16.9. The highest BCUT2D eigenvalue weighted by molar-refractivity contribution is 5.44. The van der Waals surface area contributed by atoms with Crippen LogP contribution < -0.4 is 9.47 Å². The molecule has 0 N–H and O–H groups in total. The van der Waals surface area contributed by atoms with Gasteiger partial charge in [0.2, 0.25) is 0 Å². The number of hydrogen-bond acceptors (Lipinski definition) is 3. The summed E-state index contributed by atoms with van der Waals surface area (Å²) in [6.07, 6.45) is -2.71. The number of rotatable bonds is 3. The first-order chi connectivity index (χ1) is 10.3. The normalized spacial score (nSPS) is 23.9. The highest BCUT2D eigenvalue weighted by Crippen LogP contribution is 2.37. The number of benzene rings is 1. The lowest BCUT2D eigenvalue weighted by Crippen LogP contribution is -2.30. The Morgan fingerprint density at radius 2 is 1.95 bits per heavy atom. The van der Waals surface area contributed by atoms with E-state index in [0.717, 1.165) is 38.1 Å². The quantitative estimate of drug-likeness (QED) is 0.846. The van der Waals surface area contributed by atoms with Crippen LogP contribution in [-0.4, -0.2) is 38.3 Å². The molecule has 1 aliphatic heterocycles. The molecule has 1 heterocycles. The fraction of sp³-hybridized carbons (Fsp3) is 0.625. The molecule has 1 aromatic rings. The standard InChI is InChI=1S/C16H22F3NO2/c1-11-10-20(2)8-4-5-13(11)22-15-9-12(16(17,18)19)6-7-14(15)21-3/h6-7,9,11,13H,4-5,8,10H2,1-3H3. The maximum absolute atomic E-state index is 12.9. The van der Waals surface area contributed by atoms with E-state index in [1.54, 1.807) is 0 Å². The summed E-state index contributed by atoms with van der Waals surface area (Å²) in [4.78, 5) is 2.22. The zero-order valence-corrected chi connectivity index (χ0v) is 13.1. The van der Waals surface area contributed by atoms with E-state index in [9.17, 15) is 13.2 Å². The number of nitrogens with zero attached hydrogens (tertiary/aromatic N) is 1. The van der Waals surface area contributed by atoms with Crippen molar-refractivity contribution in [3.8, 4) is 11.5 Å². The third-order valence-electron chi connectivity index (χ3n) is 4.03. The fourth-order valence-electron chi connectivity index (χ4n) is 2.83. The Morgan fingerprint density at radius 3 is 2.59 bits per heavy atom. The van der Waals surface area contributed by atoms with Crippen LogP contribution in [0.3, 0.4) is 0 Å². The minimum atomic E-state index is -4.39. The molecular weight excluding hydrogens is 295 g/mol. The van der Waals surface area contributed by atoms with E-state index in [1.165, 1.54) is 13.2 Å². The van der Waals surface area contributed by atoms with Crippen LogP contribution in [0.25, 0.3) is 0 Å². The van der Waals surface area contributed by atoms with Gasteiger partial charge in [-0.3, -0.25) is 0 Å². The molecule has 3 nitrogen and oxygen atoms in total. The van der Waals surface area contributed by atoms with E-state index in [-0.39, 0.29) is 17.8 Å². The number of hydrogen-bond donors (Lipinski definition) is 0. The average molecular weight is 317 g/mol. The Hall–Kier alpha value is -1.43. The van der Waals surface area contributed by atoms with E-state index in [1.807, 2.05) is 7.05 Å². The molecule has 0 spiro atoms. The number of ether oxygens (including phenoxy) is 2. The van der Waals surface area contributed by atoms with Gasteiger partial charge in [-0.25, -0.2) is 0 Å². The predicted molar refractivity (Wildman–Crippen MR) is 78.3 cm³/mol. The minimum Gasteiger partial charge on any atom is -0.493 e. The van der Waals surface area contributed by atoms with Crippen molar-refractivity contribution in [1.29, 1.82) is 0 Å². The lowest BCUT2D eigenvalue weighted by Gasteiger charge is -2.25. The first-order valence-corrected chi connectivity index (χ1v) is 7.41. The Bertz CT molecular complexity index is 505. The van der Waals surface area contributed by atoms with Gasteiger partial charge < -0.3 is 14.4 Å². The summed E-state index contributed by atoms with van der Waals surface area (Å²) in [5.41, 5.74) is -0.721. The molecule has 1 aromatic carbocycles. The van der Waals surface area contributed by atoms with Crippen molar-refractivity contribution >= 4 is 0 Å². The van der Waals surface area contributed by atoms with E-state index >= 15 is 0 Å². The Morgan fingerprint density at radius 1 is 1.23 bits per heavy atom. The number of halogens is 3. The van der Waals surface area contributed by atoms with Crippen molar-refractivity contribution in [3.05, 3.63) is 23.8 Å². The number of methoxy groups -OCH3 is 1. The maximum atomic E-state index is 12.9. The smallest absolute Gasteiger partial charge is 0.416 e. The summed E-state index contributed by atoms with van der Waals surface area (Å²) in [7, 11) is 3.48. The molecule has 1 fully saturated rings. The summed E-state index contributed by atoms with van der Waals surface area (Å²) >= 11 is 0. The summed E-state index contributed by atoms with van der Waals surface area (Å²) in [5.74, 6) is 0.739. The van der Waals surface area contributed by atoms with Gasteiger partial charge in [-0.1, -0.05) is 6.92 Å². The zero-order valence-electron chi connectivity index (χ0n) is 13.1. The van der Waals surface area contributed by atoms with Crippen LogP contribution in [-0.2, 0) is 6.18 Å². The Kier molecular flexibility index (Phi) is 5.21. The fourth-order valence-corrected chi connectivity index (χ4v) is 2.83.